The molecule has 0 aliphatic rings. The number of benzene rings is 2. The Kier molecular flexibility index (Phi) is 5.39. The largest absolute Gasteiger partial charge is 0.457 e. The molecular weight excluding hydrogens is 262 g/mol. The third-order valence-electron chi connectivity index (χ3n) is 2.64. The van der Waals surface area contributed by atoms with E-state index in [1.54, 1.807) is 12.1 Å². The molecule has 4 heteroatoms. The summed E-state index contributed by atoms with van der Waals surface area (Å²) < 4.78 is 5.23. The number of hydrogen-bond acceptors (Lipinski definition) is 3. The Morgan fingerprint density at radius 2 is 1.84 bits per heavy atom. The maximum Gasteiger partial charge on any atom is 0.340 e. The first kappa shape index (κ1) is 15.1. The van der Waals surface area contributed by atoms with Crippen LogP contribution in [-0.4, -0.2) is 5.97 Å². The summed E-state index contributed by atoms with van der Waals surface area (Å²) in [5.74, 6) is -0.389. The molecule has 0 unspecified atom stereocenters. The average Bonchev–Trinajstić information content (AvgIpc) is 2.40. The lowest BCUT2D eigenvalue weighted by atomic mass is 10.1. The fraction of sp³-hybridized carbons (Fsp3) is 0.133. The molecule has 0 bridgehead atoms. The van der Waals surface area contributed by atoms with Crippen molar-refractivity contribution in [3.63, 3.8) is 0 Å². The predicted octanol–water partition coefficient (Wildman–Crippen LogP) is 3.36. The molecule has 19 heavy (non-hydrogen) atoms. The Bertz CT molecular complexity index is 555. The van der Waals surface area contributed by atoms with Gasteiger partial charge in [-0.2, -0.15) is 0 Å². The van der Waals surface area contributed by atoms with Crippen LogP contribution in [0.1, 0.15) is 21.5 Å². The summed E-state index contributed by atoms with van der Waals surface area (Å²) in [6.07, 6.45) is 0. The molecule has 0 aromatic heterocycles. The molecule has 2 N–H and O–H groups in total. The van der Waals surface area contributed by atoms with Crippen molar-refractivity contribution in [3.05, 3.63) is 65.2 Å². The zero-order valence-corrected chi connectivity index (χ0v) is 11.4. The number of carbonyl (C=O) groups excluding carboxylic acids is 1. The van der Waals surface area contributed by atoms with Gasteiger partial charge < -0.3 is 10.5 Å². The Labute approximate surface area is 118 Å². The van der Waals surface area contributed by atoms with Gasteiger partial charge in [0.2, 0.25) is 0 Å². The van der Waals surface area contributed by atoms with Gasteiger partial charge >= 0.3 is 5.97 Å². The van der Waals surface area contributed by atoms with Crippen molar-refractivity contribution >= 4 is 24.1 Å². The molecule has 0 fully saturated rings. The summed E-state index contributed by atoms with van der Waals surface area (Å²) in [7, 11) is 0. The van der Waals surface area contributed by atoms with Crippen LogP contribution in [-0.2, 0) is 11.3 Å². The lowest BCUT2D eigenvalue weighted by molar-refractivity contribution is 0.0474. The first-order chi connectivity index (χ1) is 8.66. The van der Waals surface area contributed by atoms with Gasteiger partial charge in [0.25, 0.3) is 0 Å². The second-order valence-corrected chi connectivity index (χ2v) is 4.15. The minimum atomic E-state index is -0.389. The number of anilines is 1. The third-order valence-corrected chi connectivity index (χ3v) is 2.64. The highest BCUT2D eigenvalue weighted by molar-refractivity contribution is 5.95. The molecule has 2 rings (SSSR count). The van der Waals surface area contributed by atoms with Crippen molar-refractivity contribution in [1.29, 1.82) is 0 Å². The SMILES string of the molecule is Cc1ccc(N)c(C(=O)OCc2ccccc2)c1.Cl. The highest BCUT2D eigenvalue weighted by atomic mass is 35.5. The Hall–Kier alpha value is -2.00. The van der Waals surface area contributed by atoms with Gasteiger partial charge in [-0.15, -0.1) is 12.4 Å². The molecule has 100 valence electrons. The fourth-order valence-electron chi connectivity index (χ4n) is 1.65. The fourth-order valence-corrected chi connectivity index (χ4v) is 1.65. The minimum absolute atomic E-state index is 0. The summed E-state index contributed by atoms with van der Waals surface area (Å²) >= 11 is 0. The molecular formula is C15H16ClNO2. The average molecular weight is 278 g/mol. The number of halogens is 1. The molecule has 0 heterocycles. The monoisotopic (exact) mass is 277 g/mol. The van der Waals surface area contributed by atoms with E-state index in [-0.39, 0.29) is 25.0 Å². The van der Waals surface area contributed by atoms with E-state index in [1.165, 1.54) is 0 Å². The van der Waals surface area contributed by atoms with Crippen LogP contribution in [0.3, 0.4) is 0 Å². The summed E-state index contributed by atoms with van der Waals surface area (Å²) in [5.41, 5.74) is 8.56. The van der Waals surface area contributed by atoms with Crippen molar-refractivity contribution in [2.75, 3.05) is 5.73 Å². The third kappa shape index (κ3) is 4.00. The van der Waals surface area contributed by atoms with Crippen molar-refractivity contribution in [1.82, 2.24) is 0 Å². The molecule has 2 aromatic rings. The van der Waals surface area contributed by atoms with E-state index in [0.29, 0.717) is 11.3 Å². The van der Waals surface area contributed by atoms with Crippen LogP contribution in [0, 0.1) is 6.92 Å². The van der Waals surface area contributed by atoms with Crippen LogP contribution in [0.25, 0.3) is 0 Å². The Balaban J connectivity index is 0.00000180. The number of esters is 1. The van der Waals surface area contributed by atoms with Gasteiger partial charge in [-0.1, -0.05) is 42.0 Å². The maximum atomic E-state index is 11.9. The van der Waals surface area contributed by atoms with Crippen molar-refractivity contribution in [2.24, 2.45) is 0 Å². The Morgan fingerprint density at radius 1 is 1.16 bits per heavy atom. The van der Waals surface area contributed by atoms with Gasteiger partial charge in [0, 0.05) is 5.69 Å². The standard InChI is InChI=1S/C15H15NO2.ClH/c1-11-7-8-14(16)13(9-11)15(17)18-10-12-5-3-2-4-6-12;/h2-9H,10,16H2,1H3;1H. The first-order valence-corrected chi connectivity index (χ1v) is 5.74. The summed E-state index contributed by atoms with van der Waals surface area (Å²) in [6.45, 7) is 2.17. The Morgan fingerprint density at radius 3 is 2.53 bits per heavy atom. The van der Waals surface area contributed by atoms with Crippen molar-refractivity contribution < 1.29 is 9.53 Å². The molecule has 0 spiro atoms. The van der Waals surface area contributed by atoms with Crippen LogP contribution in [0.4, 0.5) is 5.69 Å². The highest BCUT2D eigenvalue weighted by Gasteiger charge is 2.11. The number of hydrogen-bond donors (Lipinski definition) is 1. The van der Waals surface area contributed by atoms with E-state index in [4.69, 9.17) is 10.5 Å². The maximum absolute atomic E-state index is 11.9. The zero-order valence-electron chi connectivity index (χ0n) is 10.6. The van der Waals surface area contributed by atoms with Gasteiger partial charge in [-0.25, -0.2) is 4.79 Å². The zero-order chi connectivity index (χ0) is 13.0. The van der Waals surface area contributed by atoms with Crippen LogP contribution < -0.4 is 5.73 Å². The molecule has 0 aliphatic carbocycles. The lowest BCUT2D eigenvalue weighted by Crippen LogP contribution is -2.08. The van der Waals surface area contributed by atoms with Crippen molar-refractivity contribution in [2.45, 2.75) is 13.5 Å². The number of nitrogen functional groups attached to an aromatic ring is 1. The molecule has 3 nitrogen and oxygen atoms in total. The number of nitrogens with two attached hydrogens (primary N) is 1. The van der Waals surface area contributed by atoms with Crippen LogP contribution in [0.2, 0.25) is 0 Å². The topological polar surface area (TPSA) is 52.3 Å². The highest BCUT2D eigenvalue weighted by Crippen LogP contribution is 2.15. The molecule has 0 amide bonds. The van der Waals surface area contributed by atoms with Gasteiger partial charge in [0.15, 0.2) is 0 Å². The summed E-state index contributed by atoms with van der Waals surface area (Å²) in [4.78, 5) is 11.9. The van der Waals surface area contributed by atoms with Gasteiger partial charge in [0.05, 0.1) is 5.56 Å². The van der Waals surface area contributed by atoms with E-state index >= 15 is 0 Å². The van der Waals surface area contributed by atoms with E-state index < -0.39 is 0 Å². The normalized spacial score (nSPS) is 9.53. The van der Waals surface area contributed by atoms with Crippen LogP contribution in [0.15, 0.2) is 48.5 Å². The number of ether oxygens (including phenoxy) is 1. The first-order valence-electron chi connectivity index (χ1n) is 5.74. The number of rotatable bonds is 3. The van der Waals surface area contributed by atoms with E-state index in [2.05, 4.69) is 0 Å². The predicted molar refractivity (Wildman–Crippen MR) is 78.4 cm³/mol. The second kappa shape index (κ2) is 6.81. The summed E-state index contributed by atoms with van der Waals surface area (Å²) in [6, 6.07) is 14.9. The van der Waals surface area contributed by atoms with E-state index in [0.717, 1.165) is 11.1 Å². The molecule has 2 aromatic carbocycles. The molecule has 0 saturated carbocycles. The minimum Gasteiger partial charge on any atom is -0.457 e. The van der Waals surface area contributed by atoms with Crippen molar-refractivity contribution in [3.8, 4) is 0 Å². The van der Waals surface area contributed by atoms with Crippen LogP contribution >= 0.6 is 12.4 Å². The molecule has 0 atom stereocenters. The molecule has 0 radical (unpaired) electrons. The lowest BCUT2D eigenvalue weighted by Gasteiger charge is -2.07. The van der Waals surface area contributed by atoms with Crippen LogP contribution in [0.5, 0.6) is 0 Å². The number of carbonyl (C=O) groups is 1. The van der Waals surface area contributed by atoms with Gasteiger partial charge in [0.1, 0.15) is 6.61 Å². The quantitative estimate of drug-likeness (QED) is 0.691. The van der Waals surface area contributed by atoms with E-state index in [9.17, 15) is 4.79 Å². The summed E-state index contributed by atoms with van der Waals surface area (Å²) in [5, 5.41) is 0. The van der Waals surface area contributed by atoms with Gasteiger partial charge in [-0.05, 0) is 24.6 Å². The molecule has 0 saturated heterocycles. The smallest absolute Gasteiger partial charge is 0.340 e. The second-order valence-electron chi connectivity index (χ2n) is 4.15. The molecule has 0 aliphatic heterocycles. The number of aryl methyl sites for hydroxylation is 1. The van der Waals surface area contributed by atoms with E-state index in [1.807, 2.05) is 43.3 Å². The van der Waals surface area contributed by atoms with Gasteiger partial charge in [-0.3, -0.25) is 0 Å².